The van der Waals surface area contributed by atoms with Crippen molar-refractivity contribution in [3.05, 3.63) is 108 Å². The topological polar surface area (TPSA) is 26.8 Å². The summed E-state index contributed by atoms with van der Waals surface area (Å²) in [7, 11) is -3.15. The lowest BCUT2D eigenvalue weighted by Gasteiger charge is -2.44. The zero-order chi connectivity index (χ0) is 22.8. The number of hydrogen-bond acceptors (Lipinski definition) is 2. The summed E-state index contributed by atoms with van der Waals surface area (Å²) >= 11 is 6.25. The van der Waals surface area contributed by atoms with Gasteiger partial charge in [-0.2, -0.15) is 0 Å². The minimum absolute atomic E-state index is 0.272. The van der Waals surface area contributed by atoms with Gasteiger partial charge in [-0.1, -0.05) is 72.3 Å². The Kier molecular flexibility index (Phi) is 6.34. The highest BCUT2D eigenvalue weighted by molar-refractivity contribution is 7.67. The number of halogens is 1. The number of benzene rings is 3. The largest absolute Gasteiger partial charge is 0.304 e. The first kappa shape index (κ1) is 22.3. The van der Waals surface area contributed by atoms with Crippen LogP contribution in [0.1, 0.15) is 24.2 Å². The van der Waals surface area contributed by atoms with Gasteiger partial charge in [0.25, 0.3) is 7.44 Å². The van der Waals surface area contributed by atoms with E-state index < -0.39 is 7.44 Å². The molecule has 2 heterocycles. The Bertz CT molecular complexity index is 1090. The van der Waals surface area contributed by atoms with Crippen LogP contribution < -0.4 is 9.34 Å². The van der Waals surface area contributed by atoms with Gasteiger partial charge in [0.1, 0.15) is 5.78 Å². The summed E-state index contributed by atoms with van der Waals surface area (Å²) in [6.07, 6.45) is 1.86. The van der Waals surface area contributed by atoms with E-state index in [9.17, 15) is 0 Å². The standard InChI is InChI=1S/C27H29ClN3OP/c1-22-16-18-29(19-17-22)27(23-12-14-24(28)15-13-23)33(32)30(25-8-4-2-5-9-25)20-21-31(33)26-10-6-3-7-11-26/h2-15,27H,1,16-21H2. The molecule has 2 aliphatic rings. The SMILES string of the molecule is C=C1CCN(C(c2ccc(Cl)cc2)P2(=O)N(c3ccccc3)CCN2c2ccccc2)CC1. The fourth-order valence-electron chi connectivity index (χ4n) is 5.00. The van der Waals surface area contributed by atoms with E-state index in [1.54, 1.807) is 0 Å². The number of hydrogen-bond donors (Lipinski definition) is 0. The van der Waals surface area contributed by atoms with Crippen molar-refractivity contribution in [3.63, 3.8) is 0 Å². The fraction of sp³-hybridized carbons (Fsp3) is 0.259. The van der Waals surface area contributed by atoms with Crippen molar-refractivity contribution < 1.29 is 4.57 Å². The molecule has 0 N–H and O–H groups in total. The number of rotatable bonds is 5. The number of nitrogens with zero attached hydrogens (tertiary/aromatic N) is 3. The quantitative estimate of drug-likeness (QED) is 0.286. The van der Waals surface area contributed by atoms with Crippen LogP contribution in [0.3, 0.4) is 0 Å². The second-order valence-electron chi connectivity index (χ2n) is 8.72. The predicted octanol–water partition coefficient (Wildman–Crippen LogP) is 7.21. The molecule has 0 bridgehead atoms. The number of piperidine rings is 1. The molecule has 5 rings (SSSR count). The van der Waals surface area contributed by atoms with Gasteiger partial charge in [0.05, 0.1) is 0 Å². The van der Waals surface area contributed by atoms with Crippen LogP contribution in [-0.2, 0) is 4.57 Å². The Morgan fingerprint density at radius 2 is 1.21 bits per heavy atom. The molecule has 2 saturated heterocycles. The van der Waals surface area contributed by atoms with Gasteiger partial charge < -0.3 is 9.34 Å². The maximum absolute atomic E-state index is 15.6. The zero-order valence-corrected chi connectivity index (χ0v) is 20.3. The zero-order valence-electron chi connectivity index (χ0n) is 18.7. The fourth-order valence-corrected chi connectivity index (χ4v) is 8.81. The molecule has 170 valence electrons. The first-order valence-corrected chi connectivity index (χ1v) is 13.6. The van der Waals surface area contributed by atoms with Crippen LogP contribution in [0, 0.1) is 0 Å². The smallest absolute Gasteiger partial charge is 0.284 e. The Morgan fingerprint density at radius 3 is 1.70 bits per heavy atom. The van der Waals surface area contributed by atoms with E-state index in [0.717, 1.165) is 42.9 Å². The van der Waals surface area contributed by atoms with Crippen molar-refractivity contribution in [2.45, 2.75) is 18.6 Å². The molecule has 3 aromatic rings. The van der Waals surface area contributed by atoms with Crippen molar-refractivity contribution in [1.29, 1.82) is 0 Å². The lowest BCUT2D eigenvalue weighted by molar-refractivity contribution is 0.231. The third kappa shape index (κ3) is 4.24. The Labute approximate surface area is 201 Å². The maximum Gasteiger partial charge on any atom is 0.284 e. The van der Waals surface area contributed by atoms with E-state index in [0.29, 0.717) is 18.1 Å². The average Bonchev–Trinajstić information content (AvgIpc) is 3.20. The molecule has 1 unspecified atom stereocenters. The van der Waals surface area contributed by atoms with Gasteiger partial charge in [0.2, 0.25) is 0 Å². The monoisotopic (exact) mass is 477 g/mol. The van der Waals surface area contributed by atoms with Gasteiger partial charge in [0, 0.05) is 42.6 Å². The molecule has 2 aliphatic heterocycles. The van der Waals surface area contributed by atoms with E-state index in [-0.39, 0.29) is 5.78 Å². The first-order valence-electron chi connectivity index (χ1n) is 11.5. The molecule has 6 heteroatoms. The van der Waals surface area contributed by atoms with Crippen LogP contribution in [0.5, 0.6) is 0 Å². The van der Waals surface area contributed by atoms with Gasteiger partial charge in [-0.25, -0.2) is 0 Å². The van der Waals surface area contributed by atoms with Crippen molar-refractivity contribution in [3.8, 4) is 0 Å². The minimum atomic E-state index is -3.15. The van der Waals surface area contributed by atoms with Crippen LogP contribution in [0.15, 0.2) is 97.1 Å². The number of anilines is 2. The molecule has 3 aromatic carbocycles. The van der Waals surface area contributed by atoms with Crippen molar-refractivity contribution in [1.82, 2.24) is 4.90 Å². The number of likely N-dealkylation sites (tertiary alicyclic amines) is 1. The summed E-state index contributed by atoms with van der Waals surface area (Å²) in [6, 6.07) is 28.3. The number of para-hydroxylation sites is 2. The summed E-state index contributed by atoms with van der Waals surface area (Å²) in [6.45, 7) is 7.31. The van der Waals surface area contributed by atoms with Crippen LogP contribution >= 0.6 is 19.0 Å². The Morgan fingerprint density at radius 1 is 0.727 bits per heavy atom. The molecule has 33 heavy (non-hydrogen) atoms. The van der Waals surface area contributed by atoms with E-state index in [2.05, 4.69) is 45.1 Å². The molecular formula is C27H29ClN3OP. The van der Waals surface area contributed by atoms with Gasteiger partial charge in [-0.3, -0.25) is 9.46 Å². The van der Waals surface area contributed by atoms with E-state index in [1.807, 2.05) is 60.7 Å². The average molecular weight is 478 g/mol. The van der Waals surface area contributed by atoms with Crippen LogP contribution in [0.25, 0.3) is 0 Å². The molecule has 0 aliphatic carbocycles. The lowest BCUT2D eigenvalue weighted by atomic mass is 10.1. The normalized spacial score (nSPS) is 19.6. The predicted molar refractivity (Wildman–Crippen MR) is 139 cm³/mol. The van der Waals surface area contributed by atoms with E-state index in [4.69, 9.17) is 11.6 Å². The molecule has 0 saturated carbocycles. The van der Waals surface area contributed by atoms with Crippen molar-refractivity contribution >= 4 is 30.4 Å². The summed E-state index contributed by atoms with van der Waals surface area (Å²) in [5.74, 6) is -0.272. The van der Waals surface area contributed by atoms with Crippen LogP contribution in [0.4, 0.5) is 11.4 Å². The van der Waals surface area contributed by atoms with E-state index >= 15 is 4.57 Å². The van der Waals surface area contributed by atoms with Gasteiger partial charge in [0.15, 0.2) is 0 Å². The summed E-state index contributed by atoms with van der Waals surface area (Å²) in [4.78, 5) is 2.40. The molecule has 4 nitrogen and oxygen atoms in total. The maximum atomic E-state index is 15.6. The van der Waals surface area contributed by atoms with E-state index in [1.165, 1.54) is 5.57 Å². The first-order chi connectivity index (χ1) is 16.1. The molecule has 0 amide bonds. The van der Waals surface area contributed by atoms with Crippen molar-refractivity contribution in [2.75, 3.05) is 35.5 Å². The molecule has 0 spiro atoms. The summed E-state index contributed by atoms with van der Waals surface area (Å²) in [5.41, 5.74) is 4.31. The molecular weight excluding hydrogens is 449 g/mol. The highest BCUT2D eigenvalue weighted by atomic mass is 35.5. The highest BCUT2D eigenvalue weighted by Crippen LogP contribution is 2.70. The van der Waals surface area contributed by atoms with Gasteiger partial charge in [-0.15, -0.1) is 0 Å². The third-order valence-electron chi connectivity index (χ3n) is 6.66. The minimum Gasteiger partial charge on any atom is -0.304 e. The van der Waals surface area contributed by atoms with Gasteiger partial charge >= 0.3 is 0 Å². The summed E-state index contributed by atoms with van der Waals surface area (Å²) in [5, 5.41) is 0.689. The molecule has 0 aromatic heterocycles. The second-order valence-corrected chi connectivity index (χ2v) is 11.8. The van der Waals surface area contributed by atoms with Crippen LogP contribution in [-0.4, -0.2) is 31.1 Å². The highest BCUT2D eigenvalue weighted by Gasteiger charge is 2.52. The molecule has 2 fully saturated rings. The van der Waals surface area contributed by atoms with Crippen LogP contribution in [0.2, 0.25) is 5.02 Å². The lowest BCUT2D eigenvalue weighted by Crippen LogP contribution is -2.39. The Hall–Kier alpha value is -2.52. The second kappa shape index (κ2) is 9.38. The Balaban J connectivity index is 1.68. The summed E-state index contributed by atoms with van der Waals surface area (Å²) < 4.78 is 19.9. The molecule has 0 radical (unpaired) electrons. The van der Waals surface area contributed by atoms with Crippen molar-refractivity contribution in [2.24, 2.45) is 0 Å². The van der Waals surface area contributed by atoms with Gasteiger partial charge in [-0.05, 0) is 54.8 Å². The molecule has 1 atom stereocenters. The third-order valence-corrected chi connectivity index (χ3v) is 10.4.